The van der Waals surface area contributed by atoms with Crippen LogP contribution in [0.5, 0.6) is 0 Å². The Hall–Kier alpha value is -1.65. The summed E-state index contributed by atoms with van der Waals surface area (Å²) < 4.78 is 0. The monoisotopic (exact) mass is 474 g/mol. The van der Waals surface area contributed by atoms with E-state index in [9.17, 15) is 4.79 Å². The molecule has 2 aromatic carbocycles. The van der Waals surface area contributed by atoms with Crippen LogP contribution in [0.4, 0.5) is 5.69 Å². The highest BCUT2D eigenvalue weighted by atomic mass is 35.5. The SMILES string of the molecule is CCCCCCCCCCCCNC(=O)CCNc1cc(S)c(Cl)cc1-c1ccccc1. The fraction of sp³-hybridized carbons (Fsp3) is 0.519. The number of hydrogen-bond donors (Lipinski definition) is 3. The lowest BCUT2D eigenvalue weighted by atomic mass is 10.0. The van der Waals surface area contributed by atoms with E-state index in [1.807, 2.05) is 42.5 Å². The number of amides is 1. The van der Waals surface area contributed by atoms with Crippen molar-refractivity contribution in [2.45, 2.75) is 82.4 Å². The normalized spacial score (nSPS) is 10.8. The van der Waals surface area contributed by atoms with Crippen molar-refractivity contribution < 1.29 is 4.79 Å². The number of rotatable bonds is 16. The van der Waals surface area contributed by atoms with E-state index in [-0.39, 0.29) is 5.91 Å². The van der Waals surface area contributed by atoms with Gasteiger partial charge >= 0.3 is 0 Å². The van der Waals surface area contributed by atoms with Gasteiger partial charge in [0.2, 0.25) is 5.91 Å². The van der Waals surface area contributed by atoms with Crippen LogP contribution in [-0.4, -0.2) is 19.0 Å². The van der Waals surface area contributed by atoms with Crippen molar-refractivity contribution in [1.82, 2.24) is 5.32 Å². The molecule has 2 rings (SSSR count). The first-order valence-electron chi connectivity index (χ1n) is 12.2. The lowest BCUT2D eigenvalue weighted by molar-refractivity contribution is -0.120. The Balaban J connectivity index is 1.62. The molecule has 1 amide bonds. The summed E-state index contributed by atoms with van der Waals surface area (Å²) in [4.78, 5) is 12.9. The number of hydrogen-bond acceptors (Lipinski definition) is 3. The molecule has 0 atom stereocenters. The Morgan fingerprint density at radius 3 is 2.16 bits per heavy atom. The predicted molar refractivity (Wildman–Crippen MR) is 142 cm³/mol. The number of carbonyl (C=O) groups excluding carboxylic acids is 1. The molecule has 3 nitrogen and oxygen atoms in total. The summed E-state index contributed by atoms with van der Waals surface area (Å²) in [7, 11) is 0. The van der Waals surface area contributed by atoms with Gasteiger partial charge in [-0.2, -0.15) is 0 Å². The van der Waals surface area contributed by atoms with Gasteiger partial charge in [-0.05, 0) is 24.1 Å². The summed E-state index contributed by atoms with van der Waals surface area (Å²) in [6, 6.07) is 13.9. The van der Waals surface area contributed by atoms with Gasteiger partial charge in [0.1, 0.15) is 0 Å². The molecule has 0 spiro atoms. The number of anilines is 1. The van der Waals surface area contributed by atoms with Crippen LogP contribution in [0.15, 0.2) is 47.4 Å². The van der Waals surface area contributed by atoms with Gasteiger partial charge in [0.15, 0.2) is 0 Å². The second-order valence-electron chi connectivity index (χ2n) is 8.42. The van der Waals surface area contributed by atoms with E-state index in [2.05, 4.69) is 30.2 Å². The summed E-state index contributed by atoms with van der Waals surface area (Å²) in [5.41, 5.74) is 3.03. The predicted octanol–water partition coefficient (Wildman–Crippen LogP) is 8.13. The molecule has 176 valence electrons. The molecule has 0 aromatic heterocycles. The number of halogens is 1. The van der Waals surface area contributed by atoms with Crippen LogP contribution in [0.25, 0.3) is 11.1 Å². The molecule has 0 heterocycles. The van der Waals surface area contributed by atoms with Crippen LogP contribution in [0.1, 0.15) is 77.6 Å². The molecule has 0 bridgehead atoms. The molecule has 2 aromatic rings. The fourth-order valence-electron chi connectivity index (χ4n) is 3.80. The van der Waals surface area contributed by atoms with Crippen molar-refractivity contribution in [2.75, 3.05) is 18.4 Å². The van der Waals surface area contributed by atoms with E-state index >= 15 is 0 Å². The minimum Gasteiger partial charge on any atom is -0.384 e. The Morgan fingerprint density at radius 2 is 1.50 bits per heavy atom. The van der Waals surface area contributed by atoms with Crippen LogP contribution >= 0.6 is 24.2 Å². The Labute approximate surface area is 205 Å². The fourth-order valence-corrected chi connectivity index (χ4v) is 4.16. The lowest BCUT2D eigenvalue weighted by Gasteiger charge is -2.14. The largest absolute Gasteiger partial charge is 0.384 e. The van der Waals surface area contributed by atoms with E-state index in [0.717, 1.165) is 34.7 Å². The maximum atomic E-state index is 12.2. The molecule has 0 saturated carbocycles. The zero-order valence-electron chi connectivity index (χ0n) is 19.5. The zero-order valence-corrected chi connectivity index (χ0v) is 21.1. The van der Waals surface area contributed by atoms with Crippen LogP contribution in [0.3, 0.4) is 0 Å². The molecule has 0 fully saturated rings. The molecule has 2 N–H and O–H groups in total. The molecule has 0 radical (unpaired) electrons. The molecule has 0 saturated heterocycles. The highest BCUT2D eigenvalue weighted by Crippen LogP contribution is 2.34. The Morgan fingerprint density at radius 1 is 0.875 bits per heavy atom. The summed E-state index contributed by atoms with van der Waals surface area (Å²) in [6.07, 6.45) is 13.5. The summed E-state index contributed by atoms with van der Waals surface area (Å²) in [5, 5.41) is 7.05. The third-order valence-corrected chi connectivity index (χ3v) is 6.51. The quantitative estimate of drug-likeness (QED) is 0.170. The second-order valence-corrected chi connectivity index (χ2v) is 9.31. The first-order chi connectivity index (χ1) is 15.6. The zero-order chi connectivity index (χ0) is 23.0. The van der Waals surface area contributed by atoms with Gasteiger partial charge in [0.05, 0.1) is 5.02 Å². The molecular formula is C27H39ClN2OS. The van der Waals surface area contributed by atoms with Gasteiger partial charge in [-0.3, -0.25) is 4.79 Å². The highest BCUT2D eigenvalue weighted by Gasteiger charge is 2.09. The van der Waals surface area contributed by atoms with Crippen LogP contribution in [-0.2, 0) is 4.79 Å². The van der Waals surface area contributed by atoms with Gasteiger partial charge in [0.25, 0.3) is 0 Å². The van der Waals surface area contributed by atoms with Crippen molar-refractivity contribution in [3.63, 3.8) is 0 Å². The smallest absolute Gasteiger partial charge is 0.221 e. The van der Waals surface area contributed by atoms with Crippen LogP contribution in [0, 0.1) is 0 Å². The Bertz CT molecular complexity index is 798. The lowest BCUT2D eigenvalue weighted by Crippen LogP contribution is -2.26. The number of carbonyl (C=O) groups is 1. The second kappa shape index (κ2) is 16.0. The Kier molecular flexibility index (Phi) is 13.3. The van der Waals surface area contributed by atoms with E-state index in [0.29, 0.717) is 18.0 Å². The van der Waals surface area contributed by atoms with Gasteiger partial charge < -0.3 is 10.6 Å². The molecule has 0 unspecified atom stereocenters. The van der Waals surface area contributed by atoms with Crippen LogP contribution in [0.2, 0.25) is 5.02 Å². The average Bonchev–Trinajstić information content (AvgIpc) is 2.80. The number of benzene rings is 2. The topological polar surface area (TPSA) is 41.1 Å². The van der Waals surface area contributed by atoms with Crippen molar-refractivity contribution in [3.8, 4) is 11.1 Å². The summed E-state index contributed by atoms with van der Waals surface area (Å²) in [6.45, 7) is 3.60. The van der Waals surface area contributed by atoms with Crippen LogP contribution < -0.4 is 10.6 Å². The molecule has 5 heteroatoms. The van der Waals surface area contributed by atoms with Crippen molar-refractivity contribution in [1.29, 1.82) is 0 Å². The van der Waals surface area contributed by atoms with Crippen molar-refractivity contribution >= 4 is 35.8 Å². The first-order valence-corrected chi connectivity index (χ1v) is 13.0. The van der Waals surface area contributed by atoms with E-state index < -0.39 is 0 Å². The maximum Gasteiger partial charge on any atom is 0.221 e. The molecular weight excluding hydrogens is 436 g/mol. The molecule has 0 aliphatic carbocycles. The minimum absolute atomic E-state index is 0.0924. The molecule has 0 aliphatic rings. The third kappa shape index (κ3) is 10.3. The van der Waals surface area contributed by atoms with E-state index in [4.69, 9.17) is 11.6 Å². The summed E-state index contributed by atoms with van der Waals surface area (Å²) >= 11 is 10.7. The molecule has 32 heavy (non-hydrogen) atoms. The number of unbranched alkanes of at least 4 members (excludes halogenated alkanes) is 9. The van der Waals surface area contributed by atoms with Gasteiger partial charge in [-0.1, -0.05) is 107 Å². The van der Waals surface area contributed by atoms with Gasteiger partial charge in [0, 0.05) is 35.7 Å². The first kappa shape index (κ1) is 26.6. The number of thiol groups is 1. The van der Waals surface area contributed by atoms with E-state index in [1.165, 1.54) is 57.8 Å². The highest BCUT2D eigenvalue weighted by molar-refractivity contribution is 7.80. The van der Waals surface area contributed by atoms with E-state index in [1.54, 1.807) is 0 Å². The number of nitrogens with one attached hydrogen (secondary N) is 2. The molecule has 0 aliphatic heterocycles. The van der Waals surface area contributed by atoms with Crippen molar-refractivity contribution in [2.24, 2.45) is 0 Å². The maximum absolute atomic E-state index is 12.2. The van der Waals surface area contributed by atoms with Crippen molar-refractivity contribution in [3.05, 3.63) is 47.5 Å². The average molecular weight is 475 g/mol. The standard InChI is InChI=1S/C27H39ClN2OS/c1-2-3-4-5-6-7-8-9-10-14-18-30-27(31)17-19-29-25-21-26(32)24(28)20-23(25)22-15-12-11-13-16-22/h11-13,15-16,20-21,29,32H,2-10,14,17-19H2,1H3,(H,30,31). The minimum atomic E-state index is 0.0924. The third-order valence-electron chi connectivity index (χ3n) is 5.69. The van der Waals surface area contributed by atoms with Gasteiger partial charge in [-0.25, -0.2) is 0 Å². The summed E-state index contributed by atoms with van der Waals surface area (Å²) in [5.74, 6) is 0.0924. The van der Waals surface area contributed by atoms with Gasteiger partial charge in [-0.15, -0.1) is 12.6 Å².